The number of benzene rings is 1. The van der Waals surface area contributed by atoms with Gasteiger partial charge in [0.05, 0.1) is 19.2 Å². The van der Waals surface area contributed by atoms with Crippen LogP contribution in [0.15, 0.2) is 24.3 Å². The minimum atomic E-state index is -0.0430. The minimum Gasteiger partial charge on any atom is -0.493 e. The molecule has 0 aromatic heterocycles. The molecule has 1 aromatic carbocycles. The van der Waals surface area contributed by atoms with Crippen LogP contribution >= 0.6 is 0 Å². The standard InChI is InChI=1S/C15H19N3O2/c16-8-1-2-9-20-14-5-3-4-13(10-14)18-15(19)11-17-12-6-7-12/h3-5,10,12,17H,1-2,6-7,9,11H2,(H,18,19). The van der Waals surface area contributed by atoms with Crippen LogP contribution in [0.3, 0.4) is 0 Å². The molecule has 5 nitrogen and oxygen atoms in total. The third kappa shape index (κ3) is 5.29. The lowest BCUT2D eigenvalue weighted by atomic mass is 10.3. The van der Waals surface area contributed by atoms with Crippen molar-refractivity contribution in [3.63, 3.8) is 0 Å². The molecule has 1 saturated carbocycles. The van der Waals surface area contributed by atoms with Gasteiger partial charge in [-0.1, -0.05) is 6.07 Å². The van der Waals surface area contributed by atoms with E-state index < -0.39 is 0 Å². The van der Waals surface area contributed by atoms with Crippen molar-refractivity contribution in [1.29, 1.82) is 5.26 Å². The van der Waals surface area contributed by atoms with Crippen molar-refractivity contribution in [3.8, 4) is 11.8 Å². The average molecular weight is 273 g/mol. The highest BCUT2D eigenvalue weighted by Gasteiger charge is 2.21. The van der Waals surface area contributed by atoms with Gasteiger partial charge in [0.2, 0.25) is 5.91 Å². The summed E-state index contributed by atoms with van der Waals surface area (Å²) in [7, 11) is 0. The number of amides is 1. The molecule has 5 heteroatoms. The molecule has 0 unspecified atom stereocenters. The van der Waals surface area contributed by atoms with Crippen LogP contribution in [0.4, 0.5) is 5.69 Å². The molecule has 0 spiro atoms. The van der Waals surface area contributed by atoms with Crippen LogP contribution in [0.2, 0.25) is 0 Å². The molecular weight excluding hydrogens is 254 g/mol. The zero-order chi connectivity index (χ0) is 14.2. The first-order chi connectivity index (χ1) is 9.78. The van der Waals surface area contributed by atoms with E-state index in [1.54, 1.807) is 6.07 Å². The van der Waals surface area contributed by atoms with E-state index in [1.807, 2.05) is 18.2 Å². The van der Waals surface area contributed by atoms with E-state index in [2.05, 4.69) is 16.7 Å². The quantitative estimate of drug-likeness (QED) is 0.711. The normalized spacial score (nSPS) is 13.6. The molecule has 0 bridgehead atoms. The van der Waals surface area contributed by atoms with Gasteiger partial charge in [0.25, 0.3) is 0 Å². The maximum absolute atomic E-state index is 11.7. The van der Waals surface area contributed by atoms with Crippen LogP contribution in [-0.2, 0) is 4.79 Å². The van der Waals surface area contributed by atoms with E-state index in [0.29, 0.717) is 37.8 Å². The van der Waals surface area contributed by atoms with Gasteiger partial charge in [-0.25, -0.2) is 0 Å². The zero-order valence-electron chi connectivity index (χ0n) is 11.4. The number of anilines is 1. The summed E-state index contributed by atoms with van der Waals surface area (Å²) < 4.78 is 5.52. The molecule has 106 valence electrons. The minimum absolute atomic E-state index is 0.0430. The van der Waals surface area contributed by atoms with E-state index in [0.717, 1.165) is 5.69 Å². The first-order valence-corrected chi connectivity index (χ1v) is 6.91. The third-order valence-electron chi connectivity index (χ3n) is 2.95. The second-order valence-corrected chi connectivity index (χ2v) is 4.84. The van der Waals surface area contributed by atoms with Gasteiger partial charge in [0.15, 0.2) is 0 Å². The molecular formula is C15H19N3O2. The number of nitriles is 1. The van der Waals surface area contributed by atoms with E-state index in [1.165, 1.54) is 12.8 Å². The van der Waals surface area contributed by atoms with Crippen molar-refractivity contribution in [1.82, 2.24) is 5.32 Å². The van der Waals surface area contributed by atoms with Crippen LogP contribution in [0.5, 0.6) is 5.75 Å². The fourth-order valence-electron chi connectivity index (χ4n) is 1.73. The van der Waals surface area contributed by atoms with Crippen molar-refractivity contribution >= 4 is 11.6 Å². The predicted molar refractivity (Wildman–Crippen MR) is 76.4 cm³/mol. The highest BCUT2D eigenvalue weighted by molar-refractivity contribution is 5.92. The zero-order valence-corrected chi connectivity index (χ0v) is 11.4. The number of nitrogens with one attached hydrogen (secondary N) is 2. The van der Waals surface area contributed by atoms with Gasteiger partial charge in [-0.3, -0.25) is 4.79 Å². The summed E-state index contributed by atoms with van der Waals surface area (Å²) in [5, 5.41) is 14.4. The maximum atomic E-state index is 11.7. The van der Waals surface area contributed by atoms with E-state index in [-0.39, 0.29) is 5.91 Å². The number of ether oxygens (including phenoxy) is 1. The molecule has 2 rings (SSSR count). The first-order valence-electron chi connectivity index (χ1n) is 6.91. The molecule has 1 fully saturated rings. The Balaban J connectivity index is 1.75. The van der Waals surface area contributed by atoms with Gasteiger partial charge in [0.1, 0.15) is 5.75 Å². The number of hydrogen-bond donors (Lipinski definition) is 2. The molecule has 0 saturated heterocycles. The lowest BCUT2D eigenvalue weighted by molar-refractivity contribution is -0.115. The van der Waals surface area contributed by atoms with Crippen LogP contribution in [0.25, 0.3) is 0 Å². The van der Waals surface area contributed by atoms with Gasteiger partial charge in [-0.15, -0.1) is 0 Å². The fourth-order valence-corrected chi connectivity index (χ4v) is 1.73. The van der Waals surface area contributed by atoms with E-state index in [9.17, 15) is 4.79 Å². The summed E-state index contributed by atoms with van der Waals surface area (Å²) in [5.74, 6) is 0.662. The Morgan fingerprint density at radius 1 is 1.45 bits per heavy atom. The molecule has 0 atom stereocenters. The Morgan fingerprint density at radius 3 is 3.05 bits per heavy atom. The summed E-state index contributed by atoms with van der Waals surface area (Å²) in [4.78, 5) is 11.7. The topological polar surface area (TPSA) is 74.1 Å². The summed E-state index contributed by atoms with van der Waals surface area (Å²) in [5.41, 5.74) is 0.727. The van der Waals surface area contributed by atoms with Crippen LogP contribution in [0.1, 0.15) is 25.7 Å². The Kier molecular flexibility index (Phi) is 5.39. The monoisotopic (exact) mass is 273 g/mol. The summed E-state index contributed by atoms with van der Waals surface area (Å²) in [6, 6.07) is 9.90. The summed E-state index contributed by atoms with van der Waals surface area (Å²) in [6.45, 7) is 0.853. The van der Waals surface area contributed by atoms with Crippen molar-refractivity contribution in [3.05, 3.63) is 24.3 Å². The first kappa shape index (κ1) is 14.4. The Morgan fingerprint density at radius 2 is 2.30 bits per heavy atom. The van der Waals surface area contributed by atoms with Crippen LogP contribution in [-0.4, -0.2) is 25.1 Å². The molecule has 0 heterocycles. The molecule has 0 aliphatic heterocycles. The van der Waals surface area contributed by atoms with E-state index >= 15 is 0 Å². The largest absolute Gasteiger partial charge is 0.493 e. The number of hydrogen-bond acceptors (Lipinski definition) is 4. The van der Waals surface area contributed by atoms with Gasteiger partial charge in [0, 0.05) is 24.2 Å². The maximum Gasteiger partial charge on any atom is 0.238 e. The molecule has 0 radical (unpaired) electrons. The fraction of sp³-hybridized carbons (Fsp3) is 0.467. The van der Waals surface area contributed by atoms with Gasteiger partial charge in [-0.2, -0.15) is 5.26 Å². The molecule has 1 aliphatic carbocycles. The summed E-state index contributed by atoms with van der Waals surface area (Å²) >= 11 is 0. The number of carbonyl (C=O) groups is 1. The van der Waals surface area contributed by atoms with Crippen LogP contribution in [0, 0.1) is 11.3 Å². The van der Waals surface area contributed by atoms with Gasteiger partial charge >= 0.3 is 0 Å². The van der Waals surface area contributed by atoms with E-state index in [4.69, 9.17) is 10.00 Å². The lowest BCUT2D eigenvalue weighted by Crippen LogP contribution is -2.29. The Labute approximate surface area is 118 Å². The van der Waals surface area contributed by atoms with Gasteiger partial charge in [-0.05, 0) is 31.4 Å². The molecule has 2 N–H and O–H groups in total. The SMILES string of the molecule is N#CCCCOc1cccc(NC(=O)CNC2CC2)c1. The smallest absolute Gasteiger partial charge is 0.238 e. The summed E-state index contributed by atoms with van der Waals surface area (Å²) in [6.07, 6.45) is 3.53. The average Bonchev–Trinajstić information content (AvgIpc) is 3.26. The van der Waals surface area contributed by atoms with Crippen molar-refractivity contribution in [2.45, 2.75) is 31.7 Å². The lowest BCUT2D eigenvalue weighted by Gasteiger charge is -2.09. The van der Waals surface area contributed by atoms with Crippen molar-refractivity contribution < 1.29 is 9.53 Å². The Bertz CT molecular complexity index is 492. The number of unbranched alkanes of at least 4 members (excludes halogenated alkanes) is 1. The number of carbonyl (C=O) groups excluding carboxylic acids is 1. The van der Waals surface area contributed by atoms with Crippen molar-refractivity contribution in [2.24, 2.45) is 0 Å². The second kappa shape index (κ2) is 7.51. The molecule has 20 heavy (non-hydrogen) atoms. The number of nitrogens with zero attached hydrogens (tertiary/aromatic N) is 1. The van der Waals surface area contributed by atoms with Crippen LogP contribution < -0.4 is 15.4 Å². The number of rotatable bonds is 8. The van der Waals surface area contributed by atoms with Gasteiger partial charge < -0.3 is 15.4 Å². The highest BCUT2D eigenvalue weighted by atomic mass is 16.5. The van der Waals surface area contributed by atoms with Crippen molar-refractivity contribution in [2.75, 3.05) is 18.5 Å². The predicted octanol–water partition coefficient (Wildman–Crippen LogP) is 2.06. The second-order valence-electron chi connectivity index (χ2n) is 4.84. The highest BCUT2D eigenvalue weighted by Crippen LogP contribution is 2.19. The molecule has 1 aliphatic rings. The Hall–Kier alpha value is -2.06. The molecule has 1 aromatic rings. The third-order valence-corrected chi connectivity index (χ3v) is 2.95. The molecule has 1 amide bonds.